The first kappa shape index (κ1) is 21.1. The molecule has 4 aromatic rings. The molecule has 0 bridgehead atoms. The van der Waals surface area contributed by atoms with Gasteiger partial charge in [0.1, 0.15) is 5.02 Å². The first-order valence-corrected chi connectivity index (χ1v) is 10.7. The number of thiocarbonyl (C=S) groups is 1. The van der Waals surface area contributed by atoms with Crippen molar-refractivity contribution in [2.24, 2.45) is 0 Å². The molecule has 0 amide bonds. The predicted molar refractivity (Wildman–Crippen MR) is 130 cm³/mol. The Kier molecular flexibility index (Phi) is 6.34. The van der Waals surface area contributed by atoms with Crippen LogP contribution in [0.15, 0.2) is 66.9 Å². The molecule has 2 heterocycles. The molecule has 0 saturated carbocycles. The van der Waals surface area contributed by atoms with Gasteiger partial charge in [-0.3, -0.25) is 9.36 Å². The van der Waals surface area contributed by atoms with E-state index in [2.05, 4.69) is 33.0 Å². The molecule has 0 spiro atoms. The van der Waals surface area contributed by atoms with Crippen molar-refractivity contribution in [3.8, 4) is 0 Å². The SMILES string of the molecule is Cc1nn(Cc2ccccc2)c(C)c1NC(=S)Nc1nn(Cc2ccccc2)cc1Cl. The summed E-state index contributed by atoms with van der Waals surface area (Å²) >= 11 is 11.9. The topological polar surface area (TPSA) is 59.7 Å². The molecule has 6 nitrogen and oxygen atoms in total. The average molecular weight is 451 g/mol. The van der Waals surface area contributed by atoms with Gasteiger partial charge in [-0.2, -0.15) is 10.2 Å². The van der Waals surface area contributed by atoms with Gasteiger partial charge in [-0.25, -0.2) is 0 Å². The molecule has 0 unspecified atom stereocenters. The summed E-state index contributed by atoms with van der Waals surface area (Å²) < 4.78 is 3.76. The largest absolute Gasteiger partial charge is 0.329 e. The van der Waals surface area contributed by atoms with Gasteiger partial charge in [-0.15, -0.1) is 0 Å². The molecule has 2 aromatic heterocycles. The minimum atomic E-state index is 0.414. The molecule has 0 aliphatic carbocycles. The standard InChI is InChI=1S/C23H23ClN6S/c1-16-21(17(2)30(27-16)14-19-11-7-4-8-12-19)25-23(31)26-22-20(24)15-29(28-22)13-18-9-5-3-6-10-18/h3-12,15H,13-14H2,1-2H3,(H2,25,26,28,31). The lowest BCUT2D eigenvalue weighted by Crippen LogP contribution is -2.20. The molecular weight excluding hydrogens is 428 g/mol. The normalized spacial score (nSPS) is 10.8. The number of hydrogen-bond acceptors (Lipinski definition) is 3. The number of aromatic nitrogens is 4. The van der Waals surface area contributed by atoms with Crippen molar-refractivity contribution in [3.63, 3.8) is 0 Å². The molecule has 0 aliphatic rings. The molecule has 8 heteroatoms. The molecule has 0 saturated heterocycles. The fraction of sp³-hybridized carbons (Fsp3) is 0.174. The zero-order chi connectivity index (χ0) is 21.8. The number of aryl methyl sites for hydroxylation is 1. The van der Waals surface area contributed by atoms with Crippen molar-refractivity contribution < 1.29 is 0 Å². The van der Waals surface area contributed by atoms with Crippen LogP contribution in [0.4, 0.5) is 11.5 Å². The second kappa shape index (κ2) is 9.32. The van der Waals surface area contributed by atoms with E-state index < -0.39 is 0 Å². The minimum Gasteiger partial charge on any atom is -0.329 e. The van der Waals surface area contributed by atoms with Gasteiger partial charge >= 0.3 is 0 Å². The van der Waals surface area contributed by atoms with Crippen LogP contribution in [-0.2, 0) is 13.1 Å². The lowest BCUT2D eigenvalue weighted by Gasteiger charge is -2.10. The summed E-state index contributed by atoms with van der Waals surface area (Å²) in [5.41, 5.74) is 5.10. The van der Waals surface area contributed by atoms with E-state index in [1.165, 1.54) is 5.56 Å². The lowest BCUT2D eigenvalue weighted by atomic mass is 10.2. The number of hydrogen-bond donors (Lipinski definition) is 2. The molecule has 4 rings (SSSR count). The maximum Gasteiger partial charge on any atom is 0.176 e. The van der Waals surface area contributed by atoms with Crippen LogP contribution in [0, 0.1) is 13.8 Å². The van der Waals surface area contributed by atoms with Gasteiger partial charge in [0.05, 0.1) is 30.2 Å². The fourth-order valence-corrected chi connectivity index (χ4v) is 3.77. The summed E-state index contributed by atoms with van der Waals surface area (Å²) in [6, 6.07) is 20.3. The summed E-state index contributed by atoms with van der Waals surface area (Å²) in [5.74, 6) is 0.516. The van der Waals surface area contributed by atoms with E-state index in [1.54, 1.807) is 10.9 Å². The molecule has 2 N–H and O–H groups in total. The molecule has 0 fully saturated rings. The highest BCUT2D eigenvalue weighted by Crippen LogP contribution is 2.23. The smallest absolute Gasteiger partial charge is 0.176 e. The molecule has 0 atom stereocenters. The molecule has 31 heavy (non-hydrogen) atoms. The Morgan fingerprint density at radius 3 is 2.16 bits per heavy atom. The van der Waals surface area contributed by atoms with Crippen molar-refractivity contribution in [2.45, 2.75) is 26.9 Å². The van der Waals surface area contributed by atoms with E-state index in [1.807, 2.05) is 67.1 Å². The van der Waals surface area contributed by atoms with Crippen molar-refractivity contribution >= 4 is 40.4 Å². The number of nitrogens with one attached hydrogen (secondary N) is 2. The van der Waals surface area contributed by atoms with Crippen LogP contribution < -0.4 is 10.6 Å². The van der Waals surface area contributed by atoms with Gasteiger partial charge in [0.2, 0.25) is 0 Å². The van der Waals surface area contributed by atoms with E-state index in [4.69, 9.17) is 23.8 Å². The maximum atomic E-state index is 6.37. The van der Waals surface area contributed by atoms with Crippen LogP contribution in [0.1, 0.15) is 22.5 Å². The summed E-state index contributed by atoms with van der Waals surface area (Å²) in [4.78, 5) is 0. The van der Waals surface area contributed by atoms with E-state index in [0.29, 0.717) is 29.0 Å². The van der Waals surface area contributed by atoms with E-state index in [-0.39, 0.29) is 0 Å². The zero-order valence-corrected chi connectivity index (χ0v) is 18.9. The second-order valence-corrected chi connectivity index (χ2v) is 8.09. The first-order valence-electron chi connectivity index (χ1n) is 9.92. The van der Waals surface area contributed by atoms with Gasteiger partial charge in [0.25, 0.3) is 0 Å². The Bertz CT molecular complexity index is 1180. The van der Waals surface area contributed by atoms with Gasteiger partial charge in [-0.05, 0) is 37.2 Å². The molecule has 0 aliphatic heterocycles. The van der Waals surface area contributed by atoms with Crippen LogP contribution in [0.3, 0.4) is 0 Å². The third-order valence-electron chi connectivity index (χ3n) is 4.93. The fourth-order valence-electron chi connectivity index (χ4n) is 3.37. The van der Waals surface area contributed by atoms with Crippen LogP contribution in [0.25, 0.3) is 0 Å². The summed E-state index contributed by atoms with van der Waals surface area (Å²) in [7, 11) is 0. The van der Waals surface area contributed by atoms with E-state index in [0.717, 1.165) is 22.6 Å². The Balaban J connectivity index is 1.43. The summed E-state index contributed by atoms with van der Waals surface area (Å²) in [5, 5.41) is 16.4. The van der Waals surface area contributed by atoms with Crippen molar-refractivity contribution in [3.05, 3.63) is 94.4 Å². The number of rotatable bonds is 6. The Morgan fingerprint density at radius 2 is 1.52 bits per heavy atom. The lowest BCUT2D eigenvalue weighted by molar-refractivity contribution is 0.659. The Hall–Kier alpha value is -3.16. The van der Waals surface area contributed by atoms with Crippen molar-refractivity contribution in [2.75, 3.05) is 10.6 Å². The number of benzene rings is 2. The van der Waals surface area contributed by atoms with Crippen LogP contribution in [0.5, 0.6) is 0 Å². The maximum absolute atomic E-state index is 6.37. The van der Waals surface area contributed by atoms with E-state index in [9.17, 15) is 0 Å². The summed E-state index contributed by atoms with van der Waals surface area (Å²) in [6.45, 7) is 5.31. The summed E-state index contributed by atoms with van der Waals surface area (Å²) in [6.07, 6.45) is 1.79. The third kappa shape index (κ3) is 5.13. The monoisotopic (exact) mass is 450 g/mol. The van der Waals surface area contributed by atoms with Crippen LogP contribution in [0.2, 0.25) is 5.02 Å². The highest BCUT2D eigenvalue weighted by Gasteiger charge is 2.15. The van der Waals surface area contributed by atoms with Gasteiger partial charge in [0.15, 0.2) is 10.9 Å². The van der Waals surface area contributed by atoms with Gasteiger partial charge in [0, 0.05) is 6.20 Å². The van der Waals surface area contributed by atoms with Crippen molar-refractivity contribution in [1.29, 1.82) is 0 Å². The number of halogens is 1. The van der Waals surface area contributed by atoms with E-state index >= 15 is 0 Å². The Morgan fingerprint density at radius 1 is 0.903 bits per heavy atom. The molecule has 158 valence electrons. The van der Waals surface area contributed by atoms with Crippen molar-refractivity contribution in [1.82, 2.24) is 19.6 Å². The van der Waals surface area contributed by atoms with Crippen LogP contribution in [-0.4, -0.2) is 24.7 Å². The third-order valence-corrected chi connectivity index (χ3v) is 5.41. The quantitative estimate of drug-likeness (QED) is 0.392. The number of nitrogens with zero attached hydrogens (tertiary/aromatic N) is 4. The van der Waals surface area contributed by atoms with Gasteiger partial charge < -0.3 is 10.6 Å². The molecule has 0 radical (unpaired) electrons. The van der Waals surface area contributed by atoms with Gasteiger partial charge in [-0.1, -0.05) is 72.3 Å². The zero-order valence-electron chi connectivity index (χ0n) is 17.3. The number of anilines is 2. The average Bonchev–Trinajstić information content (AvgIpc) is 3.22. The van der Waals surface area contributed by atoms with Crippen LogP contribution >= 0.6 is 23.8 Å². The predicted octanol–water partition coefficient (Wildman–Crippen LogP) is 5.26. The first-order chi connectivity index (χ1) is 15.0. The Labute approximate surface area is 191 Å². The highest BCUT2D eigenvalue weighted by molar-refractivity contribution is 7.80. The minimum absolute atomic E-state index is 0.414. The highest BCUT2D eigenvalue weighted by atomic mass is 35.5. The second-order valence-electron chi connectivity index (χ2n) is 7.28. The molecular formula is C23H23ClN6S. The molecule has 2 aromatic carbocycles.